The Balaban J connectivity index is 2.72. The summed E-state index contributed by atoms with van der Waals surface area (Å²) >= 11 is 0. The van der Waals surface area contributed by atoms with E-state index in [2.05, 4.69) is 21.0 Å². The molecule has 0 bridgehead atoms. The molecule has 12 heavy (non-hydrogen) atoms. The van der Waals surface area contributed by atoms with E-state index in [1.54, 1.807) is 0 Å². The van der Waals surface area contributed by atoms with Gasteiger partial charge in [0.05, 0.1) is 13.1 Å². The topological polar surface area (TPSA) is 91.5 Å². The number of nitrogens with two attached hydrogens (primary N) is 1. The van der Waals surface area contributed by atoms with Gasteiger partial charge in [0.1, 0.15) is 5.82 Å². The Morgan fingerprint density at radius 1 is 1.58 bits per heavy atom. The Morgan fingerprint density at radius 3 is 2.92 bits per heavy atom. The molecule has 0 unspecified atom stereocenters. The van der Waals surface area contributed by atoms with Crippen molar-refractivity contribution in [3.63, 3.8) is 0 Å². The summed E-state index contributed by atoms with van der Waals surface area (Å²) in [7, 11) is 0. The van der Waals surface area contributed by atoms with Gasteiger partial charge in [-0.15, -0.1) is 0 Å². The standard InChI is InChI=1S/C7H13N5/c1-5-4-6(10-3-2-8)12-7(9)11-5/h4H,2-3,8H2,1H3,(H3,9,10,11,12)/p+1. The van der Waals surface area contributed by atoms with E-state index in [1.165, 1.54) is 0 Å². The highest BCUT2D eigenvalue weighted by molar-refractivity contribution is 5.39. The van der Waals surface area contributed by atoms with Crippen molar-refractivity contribution in [1.82, 2.24) is 9.97 Å². The number of aromatic nitrogens is 2. The number of nitrogens with one attached hydrogen (secondary N) is 1. The van der Waals surface area contributed by atoms with Crippen molar-refractivity contribution in [2.75, 3.05) is 24.1 Å². The summed E-state index contributed by atoms with van der Waals surface area (Å²) in [6, 6.07) is 1.85. The van der Waals surface area contributed by atoms with E-state index in [9.17, 15) is 0 Å². The monoisotopic (exact) mass is 168 g/mol. The minimum Gasteiger partial charge on any atom is -0.368 e. The second-order valence-electron chi connectivity index (χ2n) is 2.53. The molecular formula is C7H14N5+. The van der Waals surface area contributed by atoms with E-state index in [-0.39, 0.29) is 0 Å². The largest absolute Gasteiger partial charge is 0.368 e. The third-order valence-electron chi connectivity index (χ3n) is 1.35. The fraction of sp³-hybridized carbons (Fsp3) is 0.429. The number of nitrogen functional groups attached to an aromatic ring is 1. The van der Waals surface area contributed by atoms with Crippen LogP contribution in [0.4, 0.5) is 11.8 Å². The highest BCUT2D eigenvalue weighted by Crippen LogP contribution is 2.05. The van der Waals surface area contributed by atoms with Crippen molar-refractivity contribution in [2.45, 2.75) is 6.92 Å². The lowest BCUT2D eigenvalue weighted by Crippen LogP contribution is -2.53. The lowest BCUT2D eigenvalue weighted by atomic mass is 10.4. The first kappa shape index (κ1) is 8.73. The van der Waals surface area contributed by atoms with Gasteiger partial charge in [0.25, 0.3) is 0 Å². The molecule has 0 atom stereocenters. The molecule has 0 aliphatic heterocycles. The predicted molar refractivity (Wildman–Crippen MR) is 47.4 cm³/mol. The number of quaternary nitrogens is 1. The van der Waals surface area contributed by atoms with Crippen molar-refractivity contribution in [3.05, 3.63) is 11.8 Å². The van der Waals surface area contributed by atoms with Gasteiger partial charge in [-0.3, -0.25) is 0 Å². The first-order chi connectivity index (χ1) is 5.72. The molecule has 0 aromatic carbocycles. The van der Waals surface area contributed by atoms with Crippen LogP contribution in [0.1, 0.15) is 5.69 Å². The smallest absolute Gasteiger partial charge is 0.222 e. The van der Waals surface area contributed by atoms with Gasteiger partial charge >= 0.3 is 0 Å². The van der Waals surface area contributed by atoms with Crippen LogP contribution in [0.25, 0.3) is 0 Å². The third kappa shape index (κ3) is 2.35. The average Bonchev–Trinajstić information content (AvgIpc) is 1.99. The molecule has 0 aliphatic carbocycles. The summed E-state index contributed by atoms with van der Waals surface area (Å²) in [5, 5.41) is 3.08. The number of rotatable bonds is 3. The van der Waals surface area contributed by atoms with E-state index in [0.717, 1.165) is 24.6 Å². The molecule has 1 rings (SSSR count). The van der Waals surface area contributed by atoms with Gasteiger partial charge in [0, 0.05) is 11.8 Å². The van der Waals surface area contributed by atoms with Crippen LogP contribution in [0.15, 0.2) is 6.07 Å². The van der Waals surface area contributed by atoms with Crippen LogP contribution < -0.4 is 16.8 Å². The maximum Gasteiger partial charge on any atom is 0.222 e. The minimum atomic E-state index is 0.307. The maximum atomic E-state index is 5.45. The molecule has 0 spiro atoms. The molecule has 5 heteroatoms. The molecule has 6 N–H and O–H groups in total. The van der Waals surface area contributed by atoms with Crippen molar-refractivity contribution >= 4 is 11.8 Å². The summed E-state index contributed by atoms with van der Waals surface area (Å²) in [6.07, 6.45) is 0. The van der Waals surface area contributed by atoms with Crippen molar-refractivity contribution in [3.8, 4) is 0 Å². The van der Waals surface area contributed by atoms with E-state index in [1.807, 2.05) is 13.0 Å². The van der Waals surface area contributed by atoms with Crippen LogP contribution in [-0.4, -0.2) is 23.1 Å². The molecule has 0 fully saturated rings. The van der Waals surface area contributed by atoms with E-state index >= 15 is 0 Å². The summed E-state index contributed by atoms with van der Waals surface area (Å²) in [5.41, 5.74) is 10.0. The predicted octanol–water partition coefficient (Wildman–Crippen LogP) is -0.979. The second kappa shape index (κ2) is 3.87. The number of aryl methyl sites for hydroxylation is 1. The van der Waals surface area contributed by atoms with Crippen LogP contribution in [0.2, 0.25) is 0 Å². The molecule has 66 valence electrons. The molecule has 0 amide bonds. The van der Waals surface area contributed by atoms with Gasteiger partial charge in [-0.25, -0.2) is 4.98 Å². The summed E-state index contributed by atoms with van der Waals surface area (Å²) in [6.45, 7) is 3.51. The van der Waals surface area contributed by atoms with Gasteiger partial charge in [-0.05, 0) is 6.92 Å². The van der Waals surface area contributed by atoms with Crippen LogP contribution >= 0.6 is 0 Å². The summed E-state index contributed by atoms with van der Waals surface area (Å²) < 4.78 is 0. The zero-order chi connectivity index (χ0) is 8.97. The zero-order valence-corrected chi connectivity index (χ0v) is 7.17. The first-order valence-corrected chi connectivity index (χ1v) is 3.86. The van der Waals surface area contributed by atoms with Crippen LogP contribution in [0.5, 0.6) is 0 Å². The number of hydrogen-bond donors (Lipinski definition) is 3. The van der Waals surface area contributed by atoms with Crippen LogP contribution in [-0.2, 0) is 0 Å². The van der Waals surface area contributed by atoms with Gasteiger partial charge in [0.15, 0.2) is 0 Å². The molecule has 1 aromatic heterocycles. The fourth-order valence-electron chi connectivity index (χ4n) is 0.899. The van der Waals surface area contributed by atoms with E-state index < -0.39 is 0 Å². The Labute approximate surface area is 71.2 Å². The quantitative estimate of drug-likeness (QED) is 0.541. The number of nitrogens with zero attached hydrogens (tertiary/aromatic N) is 2. The SMILES string of the molecule is Cc1cc(NCC[NH3+])nc(N)n1. The Morgan fingerprint density at radius 2 is 2.33 bits per heavy atom. The van der Waals surface area contributed by atoms with Crippen LogP contribution in [0.3, 0.4) is 0 Å². The molecule has 0 saturated heterocycles. The number of hydrogen-bond acceptors (Lipinski definition) is 4. The normalized spacial score (nSPS) is 9.83. The highest BCUT2D eigenvalue weighted by atomic mass is 15.1. The maximum absolute atomic E-state index is 5.45. The van der Waals surface area contributed by atoms with Crippen molar-refractivity contribution in [2.24, 2.45) is 0 Å². The second-order valence-corrected chi connectivity index (χ2v) is 2.53. The number of anilines is 2. The molecule has 0 aliphatic rings. The molecule has 0 radical (unpaired) electrons. The Bertz CT molecular complexity index is 240. The Hall–Kier alpha value is -1.36. The molecule has 5 nitrogen and oxygen atoms in total. The third-order valence-corrected chi connectivity index (χ3v) is 1.35. The van der Waals surface area contributed by atoms with E-state index in [0.29, 0.717) is 5.95 Å². The minimum absolute atomic E-state index is 0.307. The molecular weight excluding hydrogens is 154 g/mol. The van der Waals surface area contributed by atoms with Crippen LogP contribution in [0, 0.1) is 6.92 Å². The Kier molecular flexibility index (Phi) is 2.82. The summed E-state index contributed by atoms with van der Waals surface area (Å²) in [4.78, 5) is 7.95. The fourth-order valence-corrected chi connectivity index (χ4v) is 0.899. The van der Waals surface area contributed by atoms with Gasteiger partial charge in [0.2, 0.25) is 5.95 Å². The first-order valence-electron chi connectivity index (χ1n) is 3.86. The van der Waals surface area contributed by atoms with Crippen molar-refractivity contribution < 1.29 is 5.73 Å². The lowest BCUT2D eigenvalue weighted by molar-refractivity contribution is -0.362. The molecule has 1 aromatic rings. The van der Waals surface area contributed by atoms with Gasteiger partial charge < -0.3 is 16.8 Å². The van der Waals surface area contributed by atoms with Crippen molar-refractivity contribution in [1.29, 1.82) is 0 Å². The molecule has 0 saturated carbocycles. The summed E-state index contributed by atoms with van der Waals surface area (Å²) in [5.74, 6) is 1.07. The highest BCUT2D eigenvalue weighted by Gasteiger charge is 1.97. The molecule has 1 heterocycles. The zero-order valence-electron chi connectivity index (χ0n) is 7.17. The van der Waals surface area contributed by atoms with Gasteiger partial charge in [-0.2, -0.15) is 4.98 Å². The van der Waals surface area contributed by atoms with Gasteiger partial charge in [-0.1, -0.05) is 0 Å². The van der Waals surface area contributed by atoms with E-state index in [4.69, 9.17) is 5.73 Å². The lowest BCUT2D eigenvalue weighted by Gasteiger charge is -2.03. The average molecular weight is 168 g/mol.